The normalized spacial score (nSPS) is 10.5. The molecule has 1 aromatic carbocycles. The molecule has 0 unspecified atom stereocenters. The molecule has 0 aliphatic rings. The Kier molecular flexibility index (Phi) is 5.63. The molecule has 0 spiro atoms. The number of anilines is 1. The van der Waals surface area contributed by atoms with E-state index in [0.717, 1.165) is 16.3 Å². The zero-order chi connectivity index (χ0) is 17.6. The summed E-state index contributed by atoms with van der Waals surface area (Å²) in [4.78, 5) is 20.8. The first-order valence-corrected chi connectivity index (χ1v) is 8.89. The van der Waals surface area contributed by atoms with E-state index in [9.17, 15) is 4.79 Å². The Balaban J connectivity index is 1.56. The number of benzene rings is 1. The van der Waals surface area contributed by atoms with Gasteiger partial charge in [-0.25, -0.2) is 4.98 Å². The molecule has 0 aliphatic heterocycles. The lowest BCUT2D eigenvalue weighted by Crippen LogP contribution is -2.12. The van der Waals surface area contributed by atoms with Crippen molar-refractivity contribution < 1.29 is 9.53 Å². The third-order valence-corrected chi connectivity index (χ3v) is 4.74. The highest BCUT2D eigenvalue weighted by Gasteiger charge is 2.09. The van der Waals surface area contributed by atoms with Crippen LogP contribution in [0.4, 0.5) is 5.69 Å². The Morgan fingerprint density at radius 3 is 2.96 bits per heavy atom. The van der Waals surface area contributed by atoms with Gasteiger partial charge in [-0.1, -0.05) is 11.6 Å². The van der Waals surface area contributed by atoms with E-state index in [0.29, 0.717) is 29.3 Å². The van der Waals surface area contributed by atoms with Crippen molar-refractivity contribution in [2.75, 3.05) is 12.4 Å². The Bertz CT molecular complexity index is 868. The lowest BCUT2D eigenvalue weighted by atomic mass is 10.2. The summed E-state index contributed by atoms with van der Waals surface area (Å²) in [6.45, 7) is 0. The molecule has 0 bridgehead atoms. The van der Waals surface area contributed by atoms with Crippen LogP contribution in [0, 0.1) is 0 Å². The highest BCUT2D eigenvalue weighted by atomic mass is 35.5. The number of thiazole rings is 1. The van der Waals surface area contributed by atoms with Crippen LogP contribution in [0.3, 0.4) is 0 Å². The van der Waals surface area contributed by atoms with E-state index in [4.69, 9.17) is 16.3 Å². The summed E-state index contributed by atoms with van der Waals surface area (Å²) in [6.07, 6.45) is 4.43. The molecule has 2 aromatic heterocycles. The van der Waals surface area contributed by atoms with E-state index >= 15 is 0 Å². The third kappa shape index (κ3) is 4.55. The number of nitrogens with one attached hydrogen (secondary N) is 1. The Morgan fingerprint density at radius 1 is 1.36 bits per heavy atom. The number of rotatable bonds is 6. The summed E-state index contributed by atoms with van der Waals surface area (Å²) in [5.74, 6) is 0.488. The SMILES string of the molecule is COc1ccc(NC(=O)CCc2csc(-c3cccnc3)n2)cc1Cl. The number of carbonyl (C=O) groups is 1. The van der Waals surface area contributed by atoms with E-state index < -0.39 is 0 Å². The zero-order valence-corrected chi connectivity index (χ0v) is 15.1. The smallest absolute Gasteiger partial charge is 0.224 e. The molecule has 3 rings (SSSR count). The molecule has 0 fully saturated rings. The highest BCUT2D eigenvalue weighted by molar-refractivity contribution is 7.13. The first kappa shape index (κ1) is 17.4. The number of amides is 1. The number of aromatic nitrogens is 2. The topological polar surface area (TPSA) is 64.1 Å². The van der Waals surface area contributed by atoms with Gasteiger partial charge in [-0.2, -0.15) is 0 Å². The zero-order valence-electron chi connectivity index (χ0n) is 13.5. The lowest BCUT2D eigenvalue weighted by Gasteiger charge is -2.07. The van der Waals surface area contributed by atoms with E-state index in [-0.39, 0.29) is 5.91 Å². The van der Waals surface area contributed by atoms with Crippen molar-refractivity contribution in [1.29, 1.82) is 0 Å². The fourth-order valence-corrected chi connectivity index (χ4v) is 3.36. The predicted octanol–water partition coefficient (Wildman–Crippen LogP) is 4.44. The van der Waals surface area contributed by atoms with Gasteiger partial charge >= 0.3 is 0 Å². The average molecular weight is 374 g/mol. The summed E-state index contributed by atoms with van der Waals surface area (Å²) in [5, 5.41) is 6.17. The molecule has 0 saturated heterocycles. The van der Waals surface area contributed by atoms with Gasteiger partial charge in [0.15, 0.2) is 0 Å². The number of halogens is 1. The molecule has 1 N–H and O–H groups in total. The molecule has 0 saturated carbocycles. The Labute approximate surface area is 154 Å². The van der Waals surface area contributed by atoms with E-state index in [1.165, 1.54) is 0 Å². The quantitative estimate of drug-likeness (QED) is 0.693. The third-order valence-electron chi connectivity index (χ3n) is 3.50. The van der Waals surface area contributed by atoms with Crippen molar-refractivity contribution in [3.8, 4) is 16.3 Å². The minimum atomic E-state index is -0.0860. The molecule has 2 heterocycles. The van der Waals surface area contributed by atoms with Gasteiger partial charge in [-0.15, -0.1) is 11.3 Å². The largest absolute Gasteiger partial charge is 0.495 e. The van der Waals surface area contributed by atoms with Gasteiger partial charge in [0.05, 0.1) is 17.8 Å². The maximum Gasteiger partial charge on any atom is 0.224 e. The predicted molar refractivity (Wildman–Crippen MR) is 100 cm³/mol. The standard InChI is InChI=1S/C18H16ClN3O2S/c1-24-16-6-4-13(9-15(16)19)21-17(23)7-5-14-11-25-18(22-14)12-3-2-8-20-10-12/h2-4,6,8-11H,5,7H2,1H3,(H,21,23). The van der Waals surface area contributed by atoms with Crippen LogP contribution in [-0.4, -0.2) is 23.0 Å². The number of hydrogen-bond donors (Lipinski definition) is 1. The second-order valence-corrected chi connectivity index (χ2v) is 6.55. The van der Waals surface area contributed by atoms with Gasteiger partial charge in [-0.05, 0) is 36.8 Å². The number of carbonyl (C=O) groups excluding carboxylic acids is 1. The van der Waals surface area contributed by atoms with Crippen molar-refractivity contribution in [3.05, 3.63) is 58.8 Å². The van der Waals surface area contributed by atoms with Crippen LogP contribution in [0.5, 0.6) is 5.75 Å². The second-order valence-electron chi connectivity index (χ2n) is 5.28. The van der Waals surface area contributed by atoms with Crippen LogP contribution in [0.1, 0.15) is 12.1 Å². The van der Waals surface area contributed by atoms with Crippen LogP contribution in [0.2, 0.25) is 5.02 Å². The van der Waals surface area contributed by atoms with Crippen LogP contribution < -0.4 is 10.1 Å². The molecule has 0 radical (unpaired) electrons. The summed E-state index contributed by atoms with van der Waals surface area (Å²) >= 11 is 7.61. The number of methoxy groups -OCH3 is 1. The van der Waals surface area contributed by atoms with Crippen molar-refractivity contribution >= 4 is 34.5 Å². The molecular weight excluding hydrogens is 358 g/mol. The minimum absolute atomic E-state index is 0.0860. The number of hydrogen-bond acceptors (Lipinski definition) is 5. The average Bonchev–Trinajstić information content (AvgIpc) is 3.10. The maximum absolute atomic E-state index is 12.1. The Hall–Kier alpha value is -2.44. The van der Waals surface area contributed by atoms with Crippen molar-refractivity contribution in [3.63, 3.8) is 0 Å². The van der Waals surface area contributed by atoms with Gasteiger partial charge in [0.1, 0.15) is 10.8 Å². The molecular formula is C18H16ClN3O2S. The summed E-state index contributed by atoms with van der Waals surface area (Å²) in [6, 6.07) is 8.99. The van der Waals surface area contributed by atoms with E-state index in [2.05, 4.69) is 15.3 Å². The fourth-order valence-electron chi connectivity index (χ4n) is 2.25. The molecule has 5 nitrogen and oxygen atoms in total. The van der Waals surface area contributed by atoms with Crippen LogP contribution in [0.15, 0.2) is 48.1 Å². The number of aryl methyl sites for hydroxylation is 1. The summed E-state index contributed by atoms with van der Waals surface area (Å²) < 4.78 is 5.09. The molecule has 0 atom stereocenters. The van der Waals surface area contributed by atoms with Crippen LogP contribution in [0.25, 0.3) is 10.6 Å². The van der Waals surface area contributed by atoms with Gasteiger partial charge in [-0.3, -0.25) is 9.78 Å². The number of nitrogens with zero attached hydrogens (tertiary/aromatic N) is 2. The summed E-state index contributed by atoms with van der Waals surface area (Å²) in [7, 11) is 1.55. The number of pyridine rings is 1. The molecule has 7 heteroatoms. The monoisotopic (exact) mass is 373 g/mol. The number of ether oxygens (including phenoxy) is 1. The van der Waals surface area contributed by atoms with Crippen LogP contribution in [-0.2, 0) is 11.2 Å². The molecule has 3 aromatic rings. The molecule has 0 aliphatic carbocycles. The van der Waals surface area contributed by atoms with Crippen LogP contribution >= 0.6 is 22.9 Å². The molecule has 25 heavy (non-hydrogen) atoms. The fraction of sp³-hybridized carbons (Fsp3) is 0.167. The second kappa shape index (κ2) is 8.09. The summed E-state index contributed by atoms with van der Waals surface area (Å²) in [5.41, 5.74) is 2.52. The van der Waals surface area contributed by atoms with Gasteiger partial charge < -0.3 is 10.1 Å². The van der Waals surface area contributed by atoms with Crippen molar-refractivity contribution in [2.45, 2.75) is 12.8 Å². The minimum Gasteiger partial charge on any atom is -0.495 e. The maximum atomic E-state index is 12.1. The van der Waals surface area contributed by atoms with Gasteiger partial charge in [0.2, 0.25) is 5.91 Å². The molecule has 128 valence electrons. The first-order chi connectivity index (χ1) is 12.2. The first-order valence-electron chi connectivity index (χ1n) is 7.64. The van der Waals surface area contributed by atoms with Gasteiger partial charge in [0, 0.05) is 35.4 Å². The van der Waals surface area contributed by atoms with Gasteiger partial charge in [0.25, 0.3) is 0 Å². The highest BCUT2D eigenvalue weighted by Crippen LogP contribution is 2.27. The van der Waals surface area contributed by atoms with E-state index in [1.807, 2.05) is 17.5 Å². The Morgan fingerprint density at radius 2 is 2.24 bits per heavy atom. The lowest BCUT2D eigenvalue weighted by molar-refractivity contribution is -0.116. The van der Waals surface area contributed by atoms with Crippen molar-refractivity contribution in [1.82, 2.24) is 9.97 Å². The molecule has 1 amide bonds. The van der Waals surface area contributed by atoms with Crippen molar-refractivity contribution in [2.24, 2.45) is 0 Å². The van der Waals surface area contributed by atoms with E-state index in [1.54, 1.807) is 49.0 Å².